The van der Waals surface area contributed by atoms with Crippen LogP contribution in [0.4, 0.5) is 0 Å². The Morgan fingerprint density at radius 3 is 3.10 bits per heavy atom. The van der Waals surface area contributed by atoms with Gasteiger partial charge in [-0.3, -0.25) is 0 Å². The van der Waals surface area contributed by atoms with Crippen LogP contribution in [0.1, 0.15) is 19.3 Å². The largest absolute Gasteiger partial charge is 0.330 e. The summed E-state index contributed by atoms with van der Waals surface area (Å²) in [6, 6.07) is 0. The van der Waals surface area contributed by atoms with E-state index < -0.39 is 0 Å². The van der Waals surface area contributed by atoms with Crippen LogP contribution in [-0.2, 0) is 0 Å². The van der Waals surface area contributed by atoms with E-state index in [2.05, 4.69) is 23.9 Å². The van der Waals surface area contributed by atoms with Crippen LogP contribution in [0.3, 0.4) is 0 Å². The Bertz CT molecular complexity index is 106. The van der Waals surface area contributed by atoms with Crippen LogP contribution >= 0.6 is 11.8 Å². The molecule has 1 saturated heterocycles. The van der Waals surface area contributed by atoms with Crippen molar-refractivity contribution in [2.45, 2.75) is 24.5 Å². The van der Waals surface area contributed by atoms with Gasteiger partial charge in [0, 0.05) is 5.25 Å². The molecule has 1 atom stereocenters. The van der Waals surface area contributed by atoms with Crippen LogP contribution in [0.15, 0.2) is 12.2 Å². The molecule has 0 aromatic heterocycles. The fourth-order valence-electron chi connectivity index (χ4n) is 1.10. The molecule has 58 valence electrons. The molecular formula is C8H15NS. The molecule has 0 saturated carbocycles. The van der Waals surface area contributed by atoms with Crippen molar-refractivity contribution in [1.29, 1.82) is 0 Å². The lowest BCUT2D eigenvalue weighted by Gasteiger charge is -1.97. The second kappa shape index (κ2) is 4.80. The highest BCUT2D eigenvalue weighted by molar-refractivity contribution is 8.00. The summed E-state index contributed by atoms with van der Waals surface area (Å²) in [6.07, 6.45) is 8.32. The Morgan fingerprint density at radius 2 is 2.50 bits per heavy atom. The fourth-order valence-corrected chi connectivity index (χ4v) is 2.29. The number of hydrogen-bond donors (Lipinski definition) is 1. The van der Waals surface area contributed by atoms with E-state index in [1.54, 1.807) is 0 Å². The maximum atomic E-state index is 5.36. The van der Waals surface area contributed by atoms with Gasteiger partial charge in [0.1, 0.15) is 0 Å². The summed E-state index contributed by atoms with van der Waals surface area (Å²) in [4.78, 5) is 0. The van der Waals surface area contributed by atoms with Crippen molar-refractivity contribution in [2.24, 2.45) is 5.73 Å². The fraction of sp³-hybridized carbons (Fsp3) is 0.750. The number of nitrogens with two attached hydrogens (primary N) is 1. The van der Waals surface area contributed by atoms with Gasteiger partial charge in [-0.25, -0.2) is 0 Å². The highest BCUT2D eigenvalue weighted by Crippen LogP contribution is 2.26. The Hall–Kier alpha value is 0.0500. The Morgan fingerprint density at radius 1 is 1.60 bits per heavy atom. The highest BCUT2D eigenvalue weighted by Gasteiger charge is 2.10. The quantitative estimate of drug-likeness (QED) is 0.632. The lowest BCUT2D eigenvalue weighted by Crippen LogP contribution is -1.96. The summed E-state index contributed by atoms with van der Waals surface area (Å²) < 4.78 is 0. The molecule has 0 amide bonds. The van der Waals surface area contributed by atoms with Crippen LogP contribution in [-0.4, -0.2) is 17.5 Å². The number of hydrogen-bond acceptors (Lipinski definition) is 2. The normalized spacial score (nSPS) is 26.3. The second-order valence-electron chi connectivity index (χ2n) is 2.56. The SMILES string of the molecule is NCC/C=C\C1CCCS1. The summed E-state index contributed by atoms with van der Waals surface area (Å²) in [6.45, 7) is 0.786. The van der Waals surface area contributed by atoms with Crippen molar-refractivity contribution in [2.75, 3.05) is 12.3 Å². The first kappa shape index (κ1) is 8.15. The van der Waals surface area contributed by atoms with Crippen LogP contribution in [0, 0.1) is 0 Å². The zero-order chi connectivity index (χ0) is 7.23. The van der Waals surface area contributed by atoms with Gasteiger partial charge in [0.2, 0.25) is 0 Å². The molecule has 0 bridgehead atoms. The van der Waals surface area contributed by atoms with E-state index in [0.717, 1.165) is 18.2 Å². The molecule has 1 aliphatic heterocycles. The highest BCUT2D eigenvalue weighted by atomic mass is 32.2. The van der Waals surface area contributed by atoms with Gasteiger partial charge in [-0.05, 0) is 31.6 Å². The third kappa shape index (κ3) is 2.76. The molecule has 1 nitrogen and oxygen atoms in total. The number of rotatable bonds is 3. The van der Waals surface area contributed by atoms with E-state index in [-0.39, 0.29) is 0 Å². The maximum absolute atomic E-state index is 5.36. The van der Waals surface area contributed by atoms with E-state index in [1.807, 2.05) is 0 Å². The van der Waals surface area contributed by atoms with Crippen molar-refractivity contribution in [3.8, 4) is 0 Å². The summed E-state index contributed by atoms with van der Waals surface area (Å²) in [5.41, 5.74) is 5.36. The van der Waals surface area contributed by atoms with E-state index in [4.69, 9.17) is 5.73 Å². The summed E-state index contributed by atoms with van der Waals surface area (Å²) in [5, 5.41) is 0.798. The van der Waals surface area contributed by atoms with Crippen molar-refractivity contribution in [3.05, 3.63) is 12.2 Å². The van der Waals surface area contributed by atoms with Crippen molar-refractivity contribution in [1.82, 2.24) is 0 Å². The van der Waals surface area contributed by atoms with Crippen LogP contribution in [0.5, 0.6) is 0 Å². The predicted molar refractivity (Wildman–Crippen MR) is 48.3 cm³/mol. The topological polar surface area (TPSA) is 26.0 Å². The van der Waals surface area contributed by atoms with Crippen LogP contribution in [0.25, 0.3) is 0 Å². The Balaban J connectivity index is 2.10. The van der Waals surface area contributed by atoms with Crippen molar-refractivity contribution < 1.29 is 0 Å². The minimum Gasteiger partial charge on any atom is -0.330 e. The van der Waals surface area contributed by atoms with Gasteiger partial charge in [-0.2, -0.15) is 11.8 Å². The summed E-state index contributed by atoms with van der Waals surface area (Å²) in [5.74, 6) is 1.34. The molecule has 0 aromatic carbocycles. The molecule has 0 aliphatic carbocycles. The zero-order valence-corrected chi connectivity index (χ0v) is 7.07. The van der Waals surface area contributed by atoms with Gasteiger partial charge >= 0.3 is 0 Å². The van der Waals surface area contributed by atoms with Gasteiger partial charge in [0.25, 0.3) is 0 Å². The van der Waals surface area contributed by atoms with E-state index >= 15 is 0 Å². The molecular weight excluding hydrogens is 142 g/mol. The molecule has 0 spiro atoms. The van der Waals surface area contributed by atoms with Gasteiger partial charge < -0.3 is 5.73 Å². The van der Waals surface area contributed by atoms with Crippen LogP contribution < -0.4 is 5.73 Å². The summed E-state index contributed by atoms with van der Waals surface area (Å²) in [7, 11) is 0. The zero-order valence-electron chi connectivity index (χ0n) is 6.25. The minimum absolute atomic E-state index is 0.786. The molecule has 1 heterocycles. The minimum atomic E-state index is 0.786. The monoisotopic (exact) mass is 157 g/mol. The smallest absolute Gasteiger partial charge is 0.0227 e. The van der Waals surface area contributed by atoms with E-state index in [1.165, 1.54) is 18.6 Å². The lowest BCUT2D eigenvalue weighted by atomic mass is 10.2. The average molecular weight is 157 g/mol. The first-order valence-electron chi connectivity index (χ1n) is 3.92. The van der Waals surface area contributed by atoms with Gasteiger partial charge in [0.05, 0.1) is 0 Å². The molecule has 1 unspecified atom stereocenters. The van der Waals surface area contributed by atoms with Gasteiger partial charge in [-0.15, -0.1) is 0 Å². The average Bonchev–Trinajstić information content (AvgIpc) is 2.41. The summed E-state index contributed by atoms with van der Waals surface area (Å²) >= 11 is 2.07. The molecule has 0 radical (unpaired) electrons. The molecule has 10 heavy (non-hydrogen) atoms. The maximum Gasteiger partial charge on any atom is 0.0227 e. The van der Waals surface area contributed by atoms with Crippen molar-refractivity contribution in [3.63, 3.8) is 0 Å². The first-order chi connectivity index (χ1) is 4.93. The standard InChI is InChI=1S/C8H15NS/c9-6-2-1-4-8-5-3-7-10-8/h1,4,8H,2-3,5-7,9H2/b4-1-. The third-order valence-corrected chi connectivity index (χ3v) is 2.99. The lowest BCUT2D eigenvalue weighted by molar-refractivity contribution is 0.875. The molecule has 1 rings (SSSR count). The first-order valence-corrected chi connectivity index (χ1v) is 4.96. The molecule has 2 heteroatoms. The molecule has 2 N–H and O–H groups in total. The van der Waals surface area contributed by atoms with Gasteiger partial charge in [-0.1, -0.05) is 12.2 Å². The van der Waals surface area contributed by atoms with E-state index in [9.17, 15) is 0 Å². The molecule has 1 aliphatic rings. The van der Waals surface area contributed by atoms with Crippen molar-refractivity contribution >= 4 is 11.8 Å². The number of thioether (sulfide) groups is 1. The molecule has 0 aromatic rings. The Kier molecular flexibility index (Phi) is 3.91. The predicted octanol–water partition coefficient (Wildman–Crippen LogP) is 1.79. The molecule has 1 fully saturated rings. The van der Waals surface area contributed by atoms with E-state index in [0.29, 0.717) is 0 Å². The van der Waals surface area contributed by atoms with Crippen LogP contribution in [0.2, 0.25) is 0 Å². The Labute approximate surface area is 67.1 Å². The third-order valence-electron chi connectivity index (χ3n) is 1.65. The second-order valence-corrected chi connectivity index (χ2v) is 3.90. The van der Waals surface area contributed by atoms with Gasteiger partial charge in [0.15, 0.2) is 0 Å².